The summed E-state index contributed by atoms with van der Waals surface area (Å²) in [5, 5.41) is 3.55. The first-order valence-corrected chi connectivity index (χ1v) is 6.96. The van der Waals surface area contributed by atoms with Crippen LogP contribution in [0.3, 0.4) is 0 Å². The zero-order chi connectivity index (χ0) is 12.4. The van der Waals surface area contributed by atoms with Crippen LogP contribution in [0.1, 0.15) is 37.7 Å². The predicted molar refractivity (Wildman–Crippen MR) is 71.5 cm³/mol. The maximum Gasteiger partial charge on any atom is 0.161 e. The van der Waals surface area contributed by atoms with Gasteiger partial charge in [0.25, 0.3) is 0 Å². The number of hydrogen-bond donors (Lipinski definition) is 1. The SMILES string of the molecule is CC1CCC(c2ccc3c(c2)OCCCO3)CN1. The van der Waals surface area contributed by atoms with Crippen LogP contribution in [0.15, 0.2) is 18.2 Å². The topological polar surface area (TPSA) is 30.5 Å². The maximum absolute atomic E-state index is 5.76. The molecule has 0 saturated carbocycles. The molecule has 3 heteroatoms. The van der Waals surface area contributed by atoms with E-state index >= 15 is 0 Å². The summed E-state index contributed by atoms with van der Waals surface area (Å²) in [5.74, 6) is 2.43. The van der Waals surface area contributed by atoms with Crippen molar-refractivity contribution in [1.29, 1.82) is 0 Å². The van der Waals surface area contributed by atoms with E-state index in [2.05, 4.69) is 30.4 Å². The van der Waals surface area contributed by atoms with Gasteiger partial charge in [0.1, 0.15) is 0 Å². The van der Waals surface area contributed by atoms with Crippen molar-refractivity contribution in [1.82, 2.24) is 5.32 Å². The Morgan fingerprint density at radius 1 is 1.11 bits per heavy atom. The highest BCUT2D eigenvalue weighted by Crippen LogP contribution is 2.34. The van der Waals surface area contributed by atoms with Crippen molar-refractivity contribution in [3.05, 3.63) is 23.8 Å². The van der Waals surface area contributed by atoms with Crippen molar-refractivity contribution < 1.29 is 9.47 Å². The van der Waals surface area contributed by atoms with Crippen LogP contribution in [-0.2, 0) is 0 Å². The Bertz CT molecular complexity index is 411. The molecular weight excluding hydrogens is 226 g/mol. The third kappa shape index (κ3) is 2.46. The minimum atomic E-state index is 0.610. The molecule has 2 heterocycles. The highest BCUT2D eigenvalue weighted by Gasteiger charge is 2.21. The third-order valence-corrected chi connectivity index (χ3v) is 3.90. The van der Waals surface area contributed by atoms with Gasteiger partial charge in [0, 0.05) is 19.0 Å². The van der Waals surface area contributed by atoms with Crippen LogP contribution >= 0.6 is 0 Å². The number of benzene rings is 1. The molecule has 0 amide bonds. The number of rotatable bonds is 1. The second kappa shape index (κ2) is 5.19. The summed E-state index contributed by atoms with van der Waals surface area (Å²) in [5.41, 5.74) is 1.37. The molecule has 0 bridgehead atoms. The molecule has 1 aromatic carbocycles. The van der Waals surface area contributed by atoms with Gasteiger partial charge < -0.3 is 14.8 Å². The summed E-state index contributed by atoms with van der Waals surface area (Å²) in [6, 6.07) is 7.08. The molecule has 2 unspecified atom stereocenters. The minimum Gasteiger partial charge on any atom is -0.490 e. The van der Waals surface area contributed by atoms with Crippen LogP contribution < -0.4 is 14.8 Å². The zero-order valence-electron chi connectivity index (χ0n) is 10.9. The summed E-state index contributed by atoms with van der Waals surface area (Å²) >= 11 is 0. The van der Waals surface area contributed by atoms with Crippen LogP contribution in [0.5, 0.6) is 11.5 Å². The molecule has 0 spiro atoms. The summed E-state index contributed by atoms with van der Waals surface area (Å²) in [6.45, 7) is 4.84. The van der Waals surface area contributed by atoms with Crippen molar-refractivity contribution >= 4 is 0 Å². The Morgan fingerprint density at radius 2 is 1.94 bits per heavy atom. The Kier molecular flexibility index (Phi) is 3.41. The fraction of sp³-hybridized carbons (Fsp3) is 0.600. The van der Waals surface area contributed by atoms with E-state index in [-0.39, 0.29) is 0 Å². The quantitative estimate of drug-likeness (QED) is 0.827. The van der Waals surface area contributed by atoms with Crippen LogP contribution in [0, 0.1) is 0 Å². The second-order valence-electron chi connectivity index (χ2n) is 5.34. The van der Waals surface area contributed by atoms with Gasteiger partial charge in [0.05, 0.1) is 13.2 Å². The van der Waals surface area contributed by atoms with Crippen molar-refractivity contribution in [2.45, 2.75) is 38.1 Å². The summed E-state index contributed by atoms with van der Waals surface area (Å²) in [7, 11) is 0. The first kappa shape index (κ1) is 11.8. The van der Waals surface area contributed by atoms with Crippen LogP contribution in [0.25, 0.3) is 0 Å². The summed E-state index contributed by atoms with van der Waals surface area (Å²) < 4.78 is 11.4. The lowest BCUT2D eigenvalue weighted by Gasteiger charge is -2.28. The third-order valence-electron chi connectivity index (χ3n) is 3.90. The number of piperidine rings is 1. The molecule has 2 aliphatic heterocycles. The summed E-state index contributed by atoms with van der Waals surface area (Å²) in [6.07, 6.45) is 3.47. The molecule has 0 aliphatic carbocycles. The fourth-order valence-electron chi connectivity index (χ4n) is 2.72. The molecule has 0 aromatic heterocycles. The number of nitrogens with one attached hydrogen (secondary N) is 1. The van der Waals surface area contributed by atoms with Gasteiger partial charge in [-0.1, -0.05) is 6.07 Å². The Labute approximate surface area is 108 Å². The molecule has 2 aliphatic rings. The lowest BCUT2D eigenvalue weighted by Crippen LogP contribution is -2.35. The average Bonchev–Trinajstić information content (AvgIpc) is 2.64. The van der Waals surface area contributed by atoms with Crippen molar-refractivity contribution in [3.8, 4) is 11.5 Å². The van der Waals surface area contributed by atoms with Crippen LogP contribution in [0.4, 0.5) is 0 Å². The van der Waals surface area contributed by atoms with E-state index in [0.717, 1.165) is 37.7 Å². The maximum atomic E-state index is 5.76. The molecule has 1 fully saturated rings. The number of hydrogen-bond acceptors (Lipinski definition) is 3. The van der Waals surface area contributed by atoms with Crippen LogP contribution in [-0.4, -0.2) is 25.8 Å². The molecule has 0 radical (unpaired) electrons. The lowest BCUT2D eigenvalue weighted by molar-refractivity contribution is 0.297. The molecule has 18 heavy (non-hydrogen) atoms. The van der Waals surface area contributed by atoms with Gasteiger partial charge in [-0.2, -0.15) is 0 Å². The van der Waals surface area contributed by atoms with Crippen molar-refractivity contribution in [3.63, 3.8) is 0 Å². The highest BCUT2D eigenvalue weighted by atomic mass is 16.5. The fourth-order valence-corrected chi connectivity index (χ4v) is 2.72. The van der Waals surface area contributed by atoms with Gasteiger partial charge in [-0.05, 0) is 43.4 Å². The number of fused-ring (bicyclic) bond motifs is 1. The van der Waals surface area contributed by atoms with Crippen molar-refractivity contribution in [2.24, 2.45) is 0 Å². The molecule has 1 saturated heterocycles. The van der Waals surface area contributed by atoms with E-state index in [1.54, 1.807) is 0 Å². The molecule has 2 atom stereocenters. The first-order valence-electron chi connectivity index (χ1n) is 6.96. The standard InChI is InChI=1S/C15H21NO2/c1-11-3-4-13(10-16-11)12-5-6-14-15(9-12)18-8-2-7-17-14/h5-6,9,11,13,16H,2-4,7-8,10H2,1H3. The van der Waals surface area contributed by atoms with Crippen molar-refractivity contribution in [2.75, 3.05) is 19.8 Å². The van der Waals surface area contributed by atoms with Gasteiger partial charge in [0.2, 0.25) is 0 Å². The zero-order valence-corrected chi connectivity index (χ0v) is 10.9. The highest BCUT2D eigenvalue weighted by molar-refractivity contribution is 5.44. The molecule has 3 nitrogen and oxygen atoms in total. The smallest absolute Gasteiger partial charge is 0.161 e. The average molecular weight is 247 g/mol. The van der Waals surface area contributed by atoms with Gasteiger partial charge in [-0.15, -0.1) is 0 Å². The van der Waals surface area contributed by atoms with E-state index in [0.29, 0.717) is 12.0 Å². The minimum absolute atomic E-state index is 0.610. The normalized spacial score (nSPS) is 27.6. The van der Waals surface area contributed by atoms with Gasteiger partial charge in [-0.25, -0.2) is 0 Å². The Hall–Kier alpha value is -1.22. The molecule has 1 aromatic rings. The van der Waals surface area contributed by atoms with Gasteiger partial charge >= 0.3 is 0 Å². The van der Waals surface area contributed by atoms with Crippen LogP contribution in [0.2, 0.25) is 0 Å². The molecule has 98 valence electrons. The van der Waals surface area contributed by atoms with E-state index < -0.39 is 0 Å². The monoisotopic (exact) mass is 247 g/mol. The second-order valence-corrected chi connectivity index (χ2v) is 5.34. The van der Waals surface area contributed by atoms with E-state index in [9.17, 15) is 0 Å². The molecule has 3 rings (SSSR count). The molecule has 1 N–H and O–H groups in total. The first-order chi connectivity index (χ1) is 8.83. The predicted octanol–water partition coefficient (Wildman–Crippen LogP) is 2.70. The molecular formula is C15H21NO2. The Morgan fingerprint density at radius 3 is 2.72 bits per heavy atom. The van der Waals surface area contributed by atoms with E-state index in [1.165, 1.54) is 18.4 Å². The summed E-state index contributed by atoms with van der Waals surface area (Å²) in [4.78, 5) is 0. The van der Waals surface area contributed by atoms with E-state index in [4.69, 9.17) is 9.47 Å². The number of ether oxygens (including phenoxy) is 2. The lowest BCUT2D eigenvalue weighted by atomic mass is 9.89. The Balaban J connectivity index is 1.79. The largest absolute Gasteiger partial charge is 0.490 e. The van der Waals surface area contributed by atoms with Gasteiger partial charge in [-0.3, -0.25) is 0 Å². The van der Waals surface area contributed by atoms with E-state index in [1.807, 2.05) is 0 Å². The van der Waals surface area contributed by atoms with Gasteiger partial charge in [0.15, 0.2) is 11.5 Å².